The Balaban J connectivity index is 1.49. The summed E-state index contributed by atoms with van der Waals surface area (Å²) in [6, 6.07) is 0. The van der Waals surface area contributed by atoms with Gasteiger partial charge < -0.3 is 9.69 Å². The van der Waals surface area contributed by atoms with Crippen molar-refractivity contribution in [3.8, 4) is 0 Å². The van der Waals surface area contributed by atoms with E-state index in [0.717, 1.165) is 25.7 Å². The van der Waals surface area contributed by atoms with Gasteiger partial charge >= 0.3 is 0 Å². The Labute approximate surface area is 230 Å². The lowest BCUT2D eigenvalue weighted by Gasteiger charge is -2.69. The summed E-state index contributed by atoms with van der Waals surface area (Å²) in [5.74, 6) is 0.918. The Kier molecular flexibility index (Phi) is 5.53. The summed E-state index contributed by atoms with van der Waals surface area (Å²) in [5.41, 5.74) is 0.774. The molecule has 5 aliphatic carbocycles. The average Bonchev–Trinajstić information content (AvgIpc) is 2.81. The number of Topliss-reactive ketones (excluding diaryl/α,β-unsaturated/α-hetero) is 1. The van der Waals surface area contributed by atoms with Crippen LogP contribution < -0.4 is 0 Å². The monoisotopic (exact) mass is 516 g/mol. The van der Waals surface area contributed by atoms with E-state index in [0.29, 0.717) is 11.7 Å². The molecule has 1 heterocycles. The molecule has 0 aromatic carbocycles. The second-order valence-corrected chi connectivity index (χ2v) is 16.2. The van der Waals surface area contributed by atoms with Gasteiger partial charge in [-0.05, 0) is 104 Å². The van der Waals surface area contributed by atoms with Crippen LogP contribution in [0, 0.1) is 56.8 Å². The summed E-state index contributed by atoms with van der Waals surface area (Å²) in [6.45, 7) is 27.5. The van der Waals surface area contributed by atoms with E-state index in [2.05, 4.69) is 50.4 Å². The first kappa shape index (κ1) is 26.5. The van der Waals surface area contributed by atoms with E-state index in [1.165, 1.54) is 50.9 Å². The number of carbonyl (C=O) groups is 2. The predicted octanol–water partition coefficient (Wildman–Crippen LogP) is 7.26. The van der Waals surface area contributed by atoms with E-state index in [9.17, 15) is 9.59 Å². The van der Waals surface area contributed by atoms with E-state index >= 15 is 0 Å². The third-order valence-electron chi connectivity index (χ3n) is 13.5. The lowest BCUT2D eigenvalue weighted by molar-refractivity contribution is -0.176. The fourth-order valence-corrected chi connectivity index (χ4v) is 11.0. The normalized spacial score (nSPS) is 47.3. The van der Waals surface area contributed by atoms with Crippen molar-refractivity contribution in [2.24, 2.45) is 50.2 Å². The smallest absolute Gasteiger partial charge is 0.226 e. The summed E-state index contributed by atoms with van der Waals surface area (Å²) >= 11 is 0. The zero-order valence-corrected chi connectivity index (χ0v) is 24.9. The van der Waals surface area contributed by atoms with Crippen molar-refractivity contribution in [3.63, 3.8) is 0 Å². The maximum Gasteiger partial charge on any atom is 0.226 e. The zero-order chi connectivity index (χ0) is 27.5. The van der Waals surface area contributed by atoms with Crippen LogP contribution >= 0.6 is 0 Å². The molecule has 0 spiro atoms. The van der Waals surface area contributed by atoms with Crippen LogP contribution in [0.3, 0.4) is 0 Å². The average molecular weight is 517 g/mol. The molecule has 0 radical (unpaired) electrons. The number of nitrogens with zero attached hydrogens (tertiary/aromatic N) is 2. The molecule has 38 heavy (non-hydrogen) atoms. The van der Waals surface area contributed by atoms with Crippen LogP contribution in [0.25, 0.3) is 4.85 Å². The van der Waals surface area contributed by atoms with Crippen molar-refractivity contribution in [1.29, 1.82) is 0 Å². The fourth-order valence-electron chi connectivity index (χ4n) is 11.0. The molecule has 7 atom stereocenters. The first-order valence-electron chi connectivity index (χ1n) is 15.3. The summed E-state index contributed by atoms with van der Waals surface area (Å²) < 4.78 is 0. The maximum atomic E-state index is 14.6. The molecule has 4 heteroatoms. The molecule has 0 amide bonds. The predicted molar refractivity (Wildman–Crippen MR) is 151 cm³/mol. The van der Waals surface area contributed by atoms with Gasteiger partial charge in [0.2, 0.25) is 5.70 Å². The third-order valence-corrected chi connectivity index (χ3v) is 13.5. The van der Waals surface area contributed by atoms with Crippen molar-refractivity contribution < 1.29 is 9.59 Å². The molecule has 6 aliphatic rings. The molecule has 6 rings (SSSR count). The standard InChI is InChI=1S/C34H48N2O2/c1-29(2)12-14-34(21-36-16-9-17-36)15-13-33(7)27(22(34)19-29)24(37)18-26-31(5)20-23(35-8)28(38)30(3,4)25(31)10-11-32(26,33)6/h18,20,22,25,27H,9-17,19,21H2,1-7H3/t22-,25-,27-,31-,32+,33+,34+/m0/s1. The quantitative estimate of drug-likeness (QED) is 0.363. The summed E-state index contributed by atoms with van der Waals surface area (Å²) in [5, 5.41) is 0. The molecule has 4 nitrogen and oxygen atoms in total. The highest BCUT2D eigenvalue weighted by atomic mass is 16.1. The molecule has 0 aromatic heterocycles. The van der Waals surface area contributed by atoms with Crippen LogP contribution in [0.2, 0.25) is 0 Å². The van der Waals surface area contributed by atoms with Gasteiger partial charge in [-0.2, -0.15) is 0 Å². The van der Waals surface area contributed by atoms with Crippen LogP contribution in [0.1, 0.15) is 99.8 Å². The fraction of sp³-hybridized carbons (Fsp3) is 0.794. The van der Waals surface area contributed by atoms with Gasteiger partial charge in [0.15, 0.2) is 11.6 Å². The topological polar surface area (TPSA) is 41.7 Å². The van der Waals surface area contributed by atoms with Gasteiger partial charge in [-0.15, -0.1) is 0 Å². The number of likely N-dealkylation sites (tertiary alicyclic amines) is 1. The Morgan fingerprint density at radius 3 is 2.29 bits per heavy atom. The van der Waals surface area contributed by atoms with Gasteiger partial charge in [0, 0.05) is 23.3 Å². The van der Waals surface area contributed by atoms with Crippen LogP contribution in [0.4, 0.5) is 0 Å². The Bertz CT molecular complexity index is 1200. The lowest BCUT2D eigenvalue weighted by Crippen LogP contribution is -2.66. The molecular formula is C34H48N2O2. The molecule has 0 aromatic rings. The lowest BCUT2D eigenvalue weighted by atomic mass is 9.34. The molecule has 4 fully saturated rings. The number of rotatable bonds is 2. The minimum Gasteiger partial charge on any atom is -0.307 e. The SMILES string of the molecule is [C-]#[N+]C1=C[C@]2(C)C3=CC(=O)[C@@H]4[C@@H]5CC(C)(C)CC[C@]5(CN5CCC5)CC[C@@]4(C)[C@]3(C)CC[C@H]2C(C)(C)C1=O. The Morgan fingerprint density at radius 2 is 1.66 bits per heavy atom. The van der Waals surface area contributed by atoms with E-state index in [1.807, 2.05) is 19.9 Å². The highest BCUT2D eigenvalue weighted by molar-refractivity contribution is 6.03. The zero-order valence-electron chi connectivity index (χ0n) is 24.9. The van der Waals surface area contributed by atoms with Crippen molar-refractivity contribution in [2.45, 2.75) is 99.8 Å². The maximum absolute atomic E-state index is 14.6. The Hall–Kier alpha value is -1.73. The molecule has 3 saturated carbocycles. The van der Waals surface area contributed by atoms with Crippen molar-refractivity contribution in [2.75, 3.05) is 19.6 Å². The number of hydrogen-bond donors (Lipinski definition) is 0. The van der Waals surface area contributed by atoms with Gasteiger partial charge in [-0.3, -0.25) is 4.79 Å². The van der Waals surface area contributed by atoms with Gasteiger partial charge in [-0.25, -0.2) is 4.85 Å². The molecular weight excluding hydrogens is 468 g/mol. The molecule has 0 unspecified atom stereocenters. The van der Waals surface area contributed by atoms with E-state index < -0.39 is 10.8 Å². The minimum absolute atomic E-state index is 0.0247. The first-order chi connectivity index (χ1) is 17.6. The molecule has 0 N–H and O–H groups in total. The third kappa shape index (κ3) is 3.24. The van der Waals surface area contributed by atoms with Gasteiger partial charge in [0.25, 0.3) is 0 Å². The van der Waals surface area contributed by atoms with Crippen molar-refractivity contribution in [3.05, 3.63) is 34.8 Å². The summed E-state index contributed by atoms with van der Waals surface area (Å²) in [7, 11) is 0. The van der Waals surface area contributed by atoms with E-state index in [1.54, 1.807) is 0 Å². The first-order valence-corrected chi connectivity index (χ1v) is 15.3. The number of carbonyl (C=O) groups excluding carboxylic acids is 2. The van der Waals surface area contributed by atoms with Crippen LogP contribution in [0.5, 0.6) is 0 Å². The van der Waals surface area contributed by atoms with Crippen LogP contribution in [-0.2, 0) is 9.59 Å². The van der Waals surface area contributed by atoms with E-state index in [4.69, 9.17) is 6.57 Å². The molecule has 1 aliphatic heterocycles. The number of hydrogen-bond acceptors (Lipinski definition) is 3. The molecule has 206 valence electrons. The number of allylic oxidation sites excluding steroid dienone is 4. The Morgan fingerprint density at radius 1 is 0.974 bits per heavy atom. The van der Waals surface area contributed by atoms with Crippen molar-refractivity contribution in [1.82, 2.24) is 4.90 Å². The van der Waals surface area contributed by atoms with Crippen LogP contribution in [-0.4, -0.2) is 36.1 Å². The van der Waals surface area contributed by atoms with Crippen LogP contribution in [0.15, 0.2) is 23.4 Å². The molecule has 1 saturated heterocycles. The van der Waals surface area contributed by atoms with Gasteiger partial charge in [0.1, 0.15) is 0 Å². The van der Waals surface area contributed by atoms with E-state index in [-0.39, 0.29) is 45.0 Å². The second kappa shape index (κ2) is 7.93. The highest BCUT2D eigenvalue weighted by Gasteiger charge is 2.69. The minimum atomic E-state index is -0.599. The molecule has 0 bridgehead atoms. The second-order valence-electron chi connectivity index (χ2n) is 16.2. The highest BCUT2D eigenvalue weighted by Crippen LogP contribution is 2.74. The summed E-state index contributed by atoms with van der Waals surface area (Å²) in [4.78, 5) is 34.2. The van der Waals surface area contributed by atoms with Gasteiger partial charge in [-0.1, -0.05) is 60.1 Å². The largest absolute Gasteiger partial charge is 0.307 e. The van der Waals surface area contributed by atoms with Crippen molar-refractivity contribution >= 4 is 11.6 Å². The number of fused-ring (bicyclic) bond motifs is 7. The summed E-state index contributed by atoms with van der Waals surface area (Å²) in [6.07, 6.45) is 13.3. The number of ketones is 2. The van der Waals surface area contributed by atoms with Gasteiger partial charge in [0.05, 0.1) is 6.57 Å².